The Hall–Kier alpha value is 0. The van der Waals surface area contributed by atoms with Gasteiger partial charge in [-0.1, -0.05) is 80.6 Å². The molecule has 0 heteroatoms. The van der Waals surface area contributed by atoms with Crippen LogP contribution in [0.3, 0.4) is 0 Å². The van der Waals surface area contributed by atoms with Gasteiger partial charge in [0.05, 0.1) is 0 Å². The Morgan fingerprint density at radius 2 is 1.47 bits per heavy atom. The van der Waals surface area contributed by atoms with E-state index >= 15 is 0 Å². The maximum absolute atomic E-state index is 2.55. The molecule has 0 nitrogen and oxygen atoms in total. The molecule has 0 fully saturated rings. The van der Waals surface area contributed by atoms with Crippen molar-refractivity contribution in [3.8, 4) is 0 Å². The molecule has 0 aromatic rings. The summed E-state index contributed by atoms with van der Waals surface area (Å²) in [7, 11) is 0. The van der Waals surface area contributed by atoms with Gasteiger partial charge in [0.15, 0.2) is 0 Å². The van der Waals surface area contributed by atoms with Gasteiger partial charge in [-0.3, -0.25) is 0 Å². The fraction of sp³-hybridized carbons (Fsp3) is 1.00. The van der Waals surface area contributed by atoms with Gasteiger partial charge in [0.25, 0.3) is 0 Å². The topological polar surface area (TPSA) is 0 Å². The first-order chi connectivity index (χ1) is 8.88. The second-order valence-electron chi connectivity index (χ2n) is 7.58. The third-order valence-corrected chi connectivity index (χ3v) is 5.19. The van der Waals surface area contributed by atoms with Crippen LogP contribution in [0.25, 0.3) is 0 Å². The van der Waals surface area contributed by atoms with Gasteiger partial charge in [-0.25, -0.2) is 0 Å². The smallest absolute Gasteiger partial charge is 0.0321 e. The Kier molecular flexibility index (Phi) is 9.83. The van der Waals surface area contributed by atoms with Crippen LogP contribution in [0.2, 0.25) is 0 Å². The van der Waals surface area contributed by atoms with Gasteiger partial charge >= 0.3 is 0 Å². The molecule has 4 atom stereocenters. The highest BCUT2D eigenvalue weighted by Gasteiger charge is 2.29. The van der Waals surface area contributed by atoms with E-state index in [4.69, 9.17) is 0 Å². The van der Waals surface area contributed by atoms with E-state index in [2.05, 4.69) is 48.5 Å². The zero-order chi connectivity index (χ0) is 14.9. The summed E-state index contributed by atoms with van der Waals surface area (Å²) in [6.07, 6.45) is 11.1. The fourth-order valence-corrected chi connectivity index (χ4v) is 3.67. The molecule has 0 amide bonds. The molecular formula is C19H40. The van der Waals surface area contributed by atoms with E-state index in [9.17, 15) is 0 Å². The fourth-order valence-electron chi connectivity index (χ4n) is 3.67. The van der Waals surface area contributed by atoms with Crippen molar-refractivity contribution in [3.05, 3.63) is 0 Å². The molecule has 0 saturated carbocycles. The monoisotopic (exact) mass is 268 g/mol. The molecule has 0 spiro atoms. The van der Waals surface area contributed by atoms with E-state index in [0.717, 1.165) is 17.8 Å². The van der Waals surface area contributed by atoms with Gasteiger partial charge in [-0.05, 0) is 42.4 Å². The van der Waals surface area contributed by atoms with Gasteiger partial charge in [0, 0.05) is 0 Å². The lowest BCUT2D eigenvalue weighted by Crippen LogP contribution is -2.25. The minimum absolute atomic E-state index is 0.573. The van der Waals surface area contributed by atoms with Crippen LogP contribution in [-0.4, -0.2) is 0 Å². The Morgan fingerprint density at radius 3 is 1.95 bits per heavy atom. The summed E-state index contributed by atoms with van der Waals surface area (Å²) in [5.74, 6) is 2.66. The van der Waals surface area contributed by atoms with Gasteiger partial charge < -0.3 is 0 Å². The van der Waals surface area contributed by atoms with Crippen molar-refractivity contribution in [2.75, 3.05) is 0 Å². The molecule has 0 radical (unpaired) electrons. The van der Waals surface area contributed by atoms with Crippen LogP contribution in [0.15, 0.2) is 0 Å². The predicted octanol–water partition coefficient (Wildman–Crippen LogP) is 7.08. The zero-order valence-corrected chi connectivity index (χ0v) is 14.9. The van der Waals surface area contributed by atoms with E-state index in [1.54, 1.807) is 0 Å². The normalized spacial score (nSPS) is 19.7. The maximum Gasteiger partial charge on any atom is -0.0321 e. The van der Waals surface area contributed by atoms with Gasteiger partial charge in [0.1, 0.15) is 0 Å². The first kappa shape index (κ1) is 19.0. The van der Waals surface area contributed by atoms with Crippen molar-refractivity contribution >= 4 is 0 Å². The highest BCUT2D eigenvalue weighted by molar-refractivity contribution is 4.80. The molecule has 0 aliphatic rings. The Labute approximate surface area is 123 Å². The Morgan fingerprint density at radius 1 is 0.842 bits per heavy atom. The molecule has 0 aliphatic carbocycles. The van der Waals surface area contributed by atoms with E-state index in [0.29, 0.717) is 5.41 Å². The van der Waals surface area contributed by atoms with E-state index in [-0.39, 0.29) is 0 Å². The first-order valence-electron chi connectivity index (χ1n) is 8.88. The molecule has 0 rings (SSSR count). The lowest BCUT2D eigenvalue weighted by molar-refractivity contribution is 0.150. The highest BCUT2D eigenvalue weighted by atomic mass is 14.3. The number of unbranched alkanes of at least 4 members (excludes halogenated alkanes) is 1. The van der Waals surface area contributed by atoms with Crippen LogP contribution in [0.4, 0.5) is 0 Å². The van der Waals surface area contributed by atoms with Crippen molar-refractivity contribution in [1.82, 2.24) is 0 Å². The van der Waals surface area contributed by atoms with Gasteiger partial charge in [-0.15, -0.1) is 0 Å². The summed E-state index contributed by atoms with van der Waals surface area (Å²) in [6, 6.07) is 0. The standard InChI is InChI=1S/C19H40/c1-8-11-12-17(5)18(6)15-19(7,13-9-2)14-16(4)10-3/h16-18H,8-15H2,1-7H3. The summed E-state index contributed by atoms with van der Waals surface area (Å²) in [4.78, 5) is 0. The van der Waals surface area contributed by atoms with Crippen LogP contribution in [0.5, 0.6) is 0 Å². The SMILES string of the molecule is CCCCC(C)C(C)CC(C)(CCC)CC(C)CC. The van der Waals surface area contributed by atoms with Crippen LogP contribution < -0.4 is 0 Å². The molecule has 116 valence electrons. The molecule has 0 heterocycles. The molecule has 19 heavy (non-hydrogen) atoms. The highest BCUT2D eigenvalue weighted by Crippen LogP contribution is 2.40. The predicted molar refractivity (Wildman–Crippen MR) is 89.6 cm³/mol. The molecule has 0 aromatic heterocycles. The van der Waals surface area contributed by atoms with Crippen LogP contribution in [-0.2, 0) is 0 Å². The average Bonchev–Trinajstić information content (AvgIpc) is 2.35. The minimum Gasteiger partial charge on any atom is -0.0654 e. The van der Waals surface area contributed by atoms with Crippen LogP contribution in [0, 0.1) is 23.2 Å². The summed E-state index contributed by atoms with van der Waals surface area (Å²) in [5.41, 5.74) is 0.573. The number of hydrogen-bond donors (Lipinski definition) is 0. The molecule has 0 aromatic carbocycles. The number of rotatable bonds is 11. The van der Waals surface area contributed by atoms with Crippen LogP contribution >= 0.6 is 0 Å². The quantitative estimate of drug-likeness (QED) is 0.375. The molecule has 0 bridgehead atoms. The third-order valence-electron chi connectivity index (χ3n) is 5.19. The maximum atomic E-state index is 2.55. The minimum atomic E-state index is 0.573. The second-order valence-corrected chi connectivity index (χ2v) is 7.58. The third kappa shape index (κ3) is 8.00. The molecule has 0 saturated heterocycles. The van der Waals surface area contributed by atoms with E-state index < -0.39 is 0 Å². The lowest BCUT2D eigenvalue weighted by Gasteiger charge is -2.36. The molecular weight excluding hydrogens is 228 g/mol. The Bertz CT molecular complexity index is 208. The largest absolute Gasteiger partial charge is 0.0654 e. The van der Waals surface area contributed by atoms with Gasteiger partial charge in [-0.2, -0.15) is 0 Å². The van der Waals surface area contributed by atoms with Crippen molar-refractivity contribution in [1.29, 1.82) is 0 Å². The van der Waals surface area contributed by atoms with Crippen LogP contribution in [0.1, 0.15) is 99.8 Å². The van der Waals surface area contributed by atoms with Crippen molar-refractivity contribution < 1.29 is 0 Å². The molecule has 0 aliphatic heterocycles. The van der Waals surface area contributed by atoms with Crippen molar-refractivity contribution in [3.63, 3.8) is 0 Å². The zero-order valence-electron chi connectivity index (χ0n) is 14.9. The lowest BCUT2D eigenvalue weighted by atomic mass is 9.69. The summed E-state index contributed by atoms with van der Waals surface area (Å²) >= 11 is 0. The summed E-state index contributed by atoms with van der Waals surface area (Å²) in [6.45, 7) is 16.9. The summed E-state index contributed by atoms with van der Waals surface area (Å²) < 4.78 is 0. The first-order valence-corrected chi connectivity index (χ1v) is 8.88. The van der Waals surface area contributed by atoms with Crippen molar-refractivity contribution in [2.24, 2.45) is 23.2 Å². The number of hydrogen-bond acceptors (Lipinski definition) is 0. The molecule has 0 N–H and O–H groups in total. The Balaban J connectivity index is 4.45. The van der Waals surface area contributed by atoms with Gasteiger partial charge in [0.2, 0.25) is 0 Å². The van der Waals surface area contributed by atoms with E-state index in [1.807, 2.05) is 0 Å². The summed E-state index contributed by atoms with van der Waals surface area (Å²) in [5, 5.41) is 0. The average molecular weight is 269 g/mol. The van der Waals surface area contributed by atoms with E-state index in [1.165, 1.54) is 51.4 Å². The second kappa shape index (κ2) is 9.83. The van der Waals surface area contributed by atoms with Crippen molar-refractivity contribution in [2.45, 2.75) is 99.8 Å². The molecule has 4 unspecified atom stereocenters.